The largest absolute Gasteiger partial charge is 0.369 e. The van der Waals surface area contributed by atoms with Crippen LogP contribution in [0.2, 0.25) is 0 Å². The minimum atomic E-state index is -0.493. The molecule has 3 nitrogen and oxygen atoms in total. The molecule has 0 aromatic carbocycles. The van der Waals surface area contributed by atoms with Gasteiger partial charge in [-0.05, 0) is 6.92 Å². The summed E-state index contributed by atoms with van der Waals surface area (Å²) in [7, 11) is 0. The van der Waals surface area contributed by atoms with E-state index in [4.69, 9.17) is 10.3 Å². The van der Waals surface area contributed by atoms with Crippen LogP contribution in [-0.2, 0) is 4.79 Å². The molecule has 1 atom stereocenters. The maximum Gasteiger partial charge on any atom is 0.232 e. The molecule has 0 aliphatic rings. The molecule has 0 aliphatic heterocycles. The van der Waals surface area contributed by atoms with Crippen LogP contribution in [0.15, 0.2) is 0 Å². The summed E-state index contributed by atoms with van der Waals surface area (Å²) in [5.74, 6) is -0.493. The quantitative estimate of drug-likeness (QED) is 0.508. The molecule has 42 valence electrons. The minimum Gasteiger partial charge on any atom is -0.369 e. The van der Waals surface area contributed by atoms with Gasteiger partial charge in [-0.15, -0.1) is 0 Å². The lowest BCUT2D eigenvalue weighted by molar-refractivity contribution is -0.117. The predicted octanol–water partition coefficient (Wildman–Crippen LogP) is 0.0664. The molecule has 0 aromatic heterocycles. The van der Waals surface area contributed by atoms with Crippen molar-refractivity contribution in [3.05, 3.63) is 0 Å². The van der Waals surface area contributed by atoms with Gasteiger partial charge in [-0.25, -0.2) is 0 Å². The van der Waals surface area contributed by atoms with Crippen molar-refractivity contribution in [1.29, 1.82) is 0 Å². The smallest absolute Gasteiger partial charge is 0.232 e. The van der Waals surface area contributed by atoms with Crippen LogP contribution >= 0.6 is 12.0 Å². The fourth-order valence-electron chi connectivity index (χ4n) is 0.0519. The van der Waals surface area contributed by atoms with Crippen LogP contribution in [0.4, 0.5) is 0 Å². The number of carbonyl (C=O) groups is 1. The van der Waals surface area contributed by atoms with E-state index >= 15 is 0 Å². The summed E-state index contributed by atoms with van der Waals surface area (Å²) in [6.45, 7) is 1.53. The average Bonchev–Trinajstić information content (AvgIpc) is 1.65. The van der Waals surface area contributed by atoms with Gasteiger partial charge in [-0.2, -0.15) is 0 Å². The van der Waals surface area contributed by atoms with E-state index in [-0.39, 0.29) is 0 Å². The van der Waals surface area contributed by atoms with Crippen molar-refractivity contribution in [1.82, 2.24) is 0 Å². The summed E-state index contributed by atoms with van der Waals surface area (Å²) >= 11 is 0.458. The van der Waals surface area contributed by atoms with Gasteiger partial charge in [0.25, 0.3) is 0 Å². The Morgan fingerprint density at radius 1 is 2.00 bits per heavy atom. The molecule has 0 saturated heterocycles. The molecule has 0 fully saturated rings. The van der Waals surface area contributed by atoms with E-state index in [1.807, 2.05) is 0 Å². The van der Waals surface area contributed by atoms with Gasteiger partial charge >= 0.3 is 0 Å². The van der Waals surface area contributed by atoms with Crippen LogP contribution in [0.3, 0.4) is 0 Å². The number of hydrogen-bond donors (Lipinski definition) is 2. The number of amides is 1. The molecule has 4 heteroatoms. The lowest BCUT2D eigenvalue weighted by Crippen LogP contribution is -2.22. The molecule has 0 radical (unpaired) electrons. The molecule has 0 bridgehead atoms. The van der Waals surface area contributed by atoms with Gasteiger partial charge in [0.2, 0.25) is 5.91 Å². The predicted molar refractivity (Wildman–Crippen MR) is 28.9 cm³/mol. The SMILES string of the molecule is CC(SO)C(N)=O. The van der Waals surface area contributed by atoms with Gasteiger partial charge in [0, 0.05) is 12.0 Å². The molecule has 0 heterocycles. The van der Waals surface area contributed by atoms with Crippen LogP contribution in [0, 0.1) is 0 Å². The second-order valence-electron chi connectivity index (χ2n) is 1.15. The number of carbonyl (C=O) groups excluding carboxylic acids is 1. The zero-order valence-corrected chi connectivity index (χ0v) is 4.73. The van der Waals surface area contributed by atoms with Crippen molar-refractivity contribution in [2.75, 3.05) is 0 Å². The van der Waals surface area contributed by atoms with Crippen LogP contribution in [0.1, 0.15) is 6.92 Å². The van der Waals surface area contributed by atoms with Crippen LogP contribution in [0.5, 0.6) is 0 Å². The zero-order chi connectivity index (χ0) is 5.86. The molecule has 0 saturated carbocycles. The van der Waals surface area contributed by atoms with E-state index in [1.54, 1.807) is 0 Å². The number of nitrogens with two attached hydrogens (primary N) is 1. The summed E-state index contributed by atoms with van der Waals surface area (Å²) in [5.41, 5.74) is 4.73. The summed E-state index contributed by atoms with van der Waals surface area (Å²) in [4.78, 5) is 9.97. The van der Waals surface area contributed by atoms with E-state index < -0.39 is 11.2 Å². The van der Waals surface area contributed by atoms with Crippen molar-refractivity contribution in [2.24, 2.45) is 5.73 Å². The Morgan fingerprint density at radius 2 is 2.43 bits per heavy atom. The van der Waals surface area contributed by atoms with Crippen molar-refractivity contribution in [3.8, 4) is 0 Å². The van der Waals surface area contributed by atoms with E-state index in [0.29, 0.717) is 12.0 Å². The number of rotatable bonds is 2. The summed E-state index contributed by atoms with van der Waals surface area (Å²) in [6.07, 6.45) is 0. The Morgan fingerprint density at radius 3 is 2.43 bits per heavy atom. The highest BCUT2D eigenvalue weighted by atomic mass is 32.2. The Bertz CT molecular complexity index is 75.3. The fourth-order valence-corrected chi connectivity index (χ4v) is 0.156. The molecule has 0 aromatic rings. The maximum atomic E-state index is 9.97. The lowest BCUT2D eigenvalue weighted by atomic mass is 10.5. The van der Waals surface area contributed by atoms with E-state index in [0.717, 1.165) is 0 Å². The van der Waals surface area contributed by atoms with Gasteiger partial charge < -0.3 is 10.3 Å². The summed E-state index contributed by atoms with van der Waals surface area (Å²) < 4.78 is 8.12. The molecular weight excluding hydrogens is 114 g/mol. The first-order chi connectivity index (χ1) is 3.18. The molecule has 0 spiro atoms. The highest BCUT2D eigenvalue weighted by Crippen LogP contribution is 2.01. The number of primary amides is 1. The van der Waals surface area contributed by atoms with Crippen LogP contribution in [-0.4, -0.2) is 15.7 Å². The fraction of sp³-hybridized carbons (Fsp3) is 0.667. The molecule has 0 rings (SSSR count). The minimum absolute atomic E-state index is 0.458. The molecule has 7 heavy (non-hydrogen) atoms. The first-order valence-corrected chi connectivity index (χ1v) is 2.61. The molecule has 1 amide bonds. The first-order valence-electron chi connectivity index (χ1n) is 1.78. The van der Waals surface area contributed by atoms with Gasteiger partial charge in [0.05, 0.1) is 0 Å². The Kier molecular flexibility index (Phi) is 2.78. The Hall–Kier alpha value is -0.220. The molecule has 3 N–H and O–H groups in total. The topological polar surface area (TPSA) is 63.3 Å². The van der Waals surface area contributed by atoms with Gasteiger partial charge in [0.1, 0.15) is 5.25 Å². The zero-order valence-electron chi connectivity index (χ0n) is 3.92. The van der Waals surface area contributed by atoms with Crippen LogP contribution in [0.25, 0.3) is 0 Å². The Labute approximate surface area is 46.1 Å². The Balaban J connectivity index is 3.34. The average molecular weight is 121 g/mol. The van der Waals surface area contributed by atoms with E-state index in [9.17, 15) is 4.79 Å². The third-order valence-corrected chi connectivity index (χ3v) is 1.11. The molecule has 0 aliphatic carbocycles. The van der Waals surface area contributed by atoms with Crippen molar-refractivity contribution >= 4 is 17.9 Å². The normalized spacial score (nSPS) is 13.4. The van der Waals surface area contributed by atoms with Gasteiger partial charge in [-0.3, -0.25) is 4.79 Å². The molecular formula is C3H7NO2S. The van der Waals surface area contributed by atoms with Crippen molar-refractivity contribution < 1.29 is 9.35 Å². The summed E-state index contributed by atoms with van der Waals surface area (Å²) in [5, 5.41) is -0.486. The second-order valence-corrected chi connectivity index (χ2v) is 2.07. The van der Waals surface area contributed by atoms with Crippen LogP contribution < -0.4 is 5.73 Å². The standard InChI is InChI=1S/C3H7NO2S/c1-2(7-6)3(4)5/h2,6H,1H3,(H2,4,5). The number of hydrogen-bond acceptors (Lipinski definition) is 3. The summed E-state index contributed by atoms with van der Waals surface area (Å²) in [6, 6.07) is 0. The van der Waals surface area contributed by atoms with E-state index in [1.165, 1.54) is 6.92 Å². The van der Waals surface area contributed by atoms with Gasteiger partial charge in [-0.1, -0.05) is 0 Å². The highest BCUT2D eigenvalue weighted by Gasteiger charge is 2.05. The van der Waals surface area contributed by atoms with E-state index in [2.05, 4.69) is 0 Å². The maximum absolute atomic E-state index is 9.97. The van der Waals surface area contributed by atoms with Crippen molar-refractivity contribution in [3.63, 3.8) is 0 Å². The van der Waals surface area contributed by atoms with Gasteiger partial charge in [0.15, 0.2) is 0 Å². The third kappa shape index (κ3) is 2.47. The third-order valence-electron chi connectivity index (χ3n) is 0.559. The first kappa shape index (κ1) is 6.78. The lowest BCUT2D eigenvalue weighted by Gasteiger charge is -1.95. The molecule has 1 unspecified atom stereocenters. The second kappa shape index (κ2) is 2.87. The monoisotopic (exact) mass is 121 g/mol. The highest BCUT2D eigenvalue weighted by molar-refractivity contribution is 7.95. The van der Waals surface area contributed by atoms with Crippen molar-refractivity contribution in [2.45, 2.75) is 12.2 Å².